The summed E-state index contributed by atoms with van der Waals surface area (Å²) >= 11 is 0. The second-order valence-electron chi connectivity index (χ2n) is 5.72. The van der Waals surface area contributed by atoms with Crippen molar-refractivity contribution >= 4 is 0 Å². The molecule has 2 nitrogen and oxygen atoms in total. The molecule has 0 fully saturated rings. The van der Waals surface area contributed by atoms with Gasteiger partial charge in [0, 0.05) is 24.3 Å². The molecule has 22 heavy (non-hydrogen) atoms. The van der Waals surface area contributed by atoms with E-state index in [0.29, 0.717) is 0 Å². The van der Waals surface area contributed by atoms with Gasteiger partial charge >= 0.3 is 23.0 Å². The number of hydrogen-bond donors (Lipinski definition) is 0. The molecule has 0 aliphatic carbocycles. The highest BCUT2D eigenvalue weighted by Gasteiger charge is 2.12. The van der Waals surface area contributed by atoms with Gasteiger partial charge in [-0.25, -0.2) is 8.83 Å². The Labute approximate surface area is 131 Å². The van der Waals surface area contributed by atoms with Crippen molar-refractivity contribution in [1.82, 2.24) is 0 Å². The fraction of sp³-hybridized carbons (Fsp3) is 0.200. The standard InChI is InChI=1S/C20H20O2/c1-13-8-19(9-14(2)21-13)17-6-5-7-18(12-17)20-10-15(3)22-16(4)11-20/h5-12H,1-4H3/q+2. The fourth-order valence-corrected chi connectivity index (χ4v) is 2.80. The molecule has 3 rings (SSSR count). The van der Waals surface area contributed by atoms with Gasteiger partial charge in [0.25, 0.3) is 0 Å². The predicted molar refractivity (Wildman–Crippen MR) is 89.6 cm³/mol. The number of hydrogen-bond acceptors (Lipinski definition) is 0. The Kier molecular flexibility index (Phi) is 3.76. The molecule has 2 heterocycles. The van der Waals surface area contributed by atoms with E-state index in [9.17, 15) is 0 Å². The molecule has 0 atom stereocenters. The van der Waals surface area contributed by atoms with Crippen molar-refractivity contribution in [3.63, 3.8) is 0 Å². The van der Waals surface area contributed by atoms with Crippen molar-refractivity contribution in [2.24, 2.45) is 0 Å². The first-order chi connectivity index (χ1) is 10.5. The molecule has 1 aromatic carbocycles. The van der Waals surface area contributed by atoms with Crippen molar-refractivity contribution in [3.8, 4) is 22.3 Å². The molecular weight excluding hydrogens is 272 g/mol. The Morgan fingerprint density at radius 2 is 0.864 bits per heavy atom. The monoisotopic (exact) mass is 292 g/mol. The minimum absolute atomic E-state index is 0.922. The highest BCUT2D eigenvalue weighted by atomic mass is 16.3. The van der Waals surface area contributed by atoms with Gasteiger partial charge in [0.05, 0.1) is 27.7 Å². The number of rotatable bonds is 2. The van der Waals surface area contributed by atoms with E-state index in [4.69, 9.17) is 8.83 Å². The lowest BCUT2D eigenvalue weighted by molar-refractivity contribution is 0.486. The van der Waals surface area contributed by atoms with Crippen LogP contribution in [0.2, 0.25) is 0 Å². The van der Waals surface area contributed by atoms with Gasteiger partial charge in [-0.05, 0) is 28.3 Å². The average molecular weight is 292 g/mol. The van der Waals surface area contributed by atoms with Crippen LogP contribution in [0.25, 0.3) is 22.3 Å². The first-order valence-corrected chi connectivity index (χ1v) is 7.45. The molecule has 0 aliphatic heterocycles. The van der Waals surface area contributed by atoms with Crippen LogP contribution in [0.5, 0.6) is 0 Å². The number of aryl methyl sites for hydroxylation is 4. The molecule has 0 aliphatic rings. The van der Waals surface area contributed by atoms with Crippen LogP contribution < -0.4 is 0 Å². The first-order valence-electron chi connectivity index (χ1n) is 7.45. The zero-order valence-electron chi connectivity index (χ0n) is 13.4. The lowest BCUT2D eigenvalue weighted by Gasteiger charge is -2.04. The Bertz CT molecular complexity index is 728. The van der Waals surface area contributed by atoms with E-state index in [-0.39, 0.29) is 0 Å². The van der Waals surface area contributed by atoms with Crippen molar-refractivity contribution in [2.75, 3.05) is 0 Å². The SMILES string of the molecule is Cc1cc(-c2cccc(-c3cc(C)[o+]c(C)c3)c2)cc(C)[o+]1. The summed E-state index contributed by atoms with van der Waals surface area (Å²) in [5.41, 5.74) is 4.74. The maximum atomic E-state index is 5.57. The van der Waals surface area contributed by atoms with Crippen LogP contribution in [0.3, 0.4) is 0 Å². The normalized spacial score (nSPS) is 10.7. The number of benzene rings is 1. The van der Waals surface area contributed by atoms with Gasteiger partial charge in [0.1, 0.15) is 0 Å². The van der Waals surface area contributed by atoms with Gasteiger partial charge in [-0.2, -0.15) is 0 Å². The maximum Gasteiger partial charge on any atom is 0.327 e. The Hall–Kier alpha value is -2.48. The summed E-state index contributed by atoms with van der Waals surface area (Å²) in [5.74, 6) is 3.69. The van der Waals surface area contributed by atoms with Crippen LogP contribution >= 0.6 is 0 Å². The highest BCUT2D eigenvalue weighted by molar-refractivity contribution is 5.73. The quantitative estimate of drug-likeness (QED) is 0.540. The van der Waals surface area contributed by atoms with Crippen LogP contribution in [-0.4, -0.2) is 0 Å². The zero-order chi connectivity index (χ0) is 15.7. The molecule has 0 radical (unpaired) electrons. The summed E-state index contributed by atoms with van der Waals surface area (Å²) in [4.78, 5) is 0. The smallest absolute Gasteiger partial charge is 0.218 e. The molecule has 110 valence electrons. The lowest BCUT2D eigenvalue weighted by atomic mass is 9.99. The van der Waals surface area contributed by atoms with Gasteiger partial charge in [0.15, 0.2) is 0 Å². The van der Waals surface area contributed by atoms with E-state index in [1.54, 1.807) is 0 Å². The highest BCUT2D eigenvalue weighted by Crippen LogP contribution is 2.28. The fourth-order valence-electron chi connectivity index (χ4n) is 2.80. The molecule has 0 bridgehead atoms. The van der Waals surface area contributed by atoms with Crippen LogP contribution in [0.1, 0.15) is 23.0 Å². The second-order valence-corrected chi connectivity index (χ2v) is 5.72. The average Bonchev–Trinajstić information content (AvgIpc) is 2.45. The van der Waals surface area contributed by atoms with Crippen molar-refractivity contribution < 1.29 is 8.83 Å². The van der Waals surface area contributed by atoms with E-state index < -0.39 is 0 Å². The van der Waals surface area contributed by atoms with Gasteiger partial charge in [0.2, 0.25) is 0 Å². The van der Waals surface area contributed by atoms with E-state index in [0.717, 1.165) is 23.0 Å². The zero-order valence-corrected chi connectivity index (χ0v) is 13.4. The predicted octanol–water partition coefficient (Wildman–Crippen LogP) is 6.00. The molecule has 2 heteroatoms. The Balaban J connectivity index is 2.09. The topological polar surface area (TPSA) is 22.6 Å². The summed E-state index contributed by atoms with van der Waals surface area (Å²) in [5, 5.41) is 0. The molecule has 0 amide bonds. The Morgan fingerprint density at radius 1 is 0.500 bits per heavy atom. The summed E-state index contributed by atoms with van der Waals surface area (Å²) in [6.45, 7) is 7.91. The molecule has 0 unspecified atom stereocenters. The van der Waals surface area contributed by atoms with Gasteiger partial charge in [-0.15, -0.1) is 0 Å². The molecule has 2 aromatic heterocycles. The first kappa shape index (κ1) is 14.5. The van der Waals surface area contributed by atoms with Gasteiger partial charge < -0.3 is 0 Å². The third kappa shape index (κ3) is 3.06. The lowest BCUT2D eigenvalue weighted by Crippen LogP contribution is -1.86. The van der Waals surface area contributed by atoms with Gasteiger partial charge in [-0.3, -0.25) is 0 Å². The van der Waals surface area contributed by atoms with E-state index in [1.165, 1.54) is 22.3 Å². The summed E-state index contributed by atoms with van der Waals surface area (Å²) in [6.07, 6.45) is 0. The minimum Gasteiger partial charge on any atom is -0.218 e. The van der Waals surface area contributed by atoms with Crippen LogP contribution in [0, 0.1) is 27.7 Å². The summed E-state index contributed by atoms with van der Waals surface area (Å²) < 4.78 is 11.1. The summed E-state index contributed by atoms with van der Waals surface area (Å²) in [6, 6.07) is 16.9. The molecule has 0 spiro atoms. The molecular formula is C20H20O2+2. The van der Waals surface area contributed by atoms with Crippen molar-refractivity contribution in [1.29, 1.82) is 0 Å². The molecule has 0 N–H and O–H groups in total. The maximum absolute atomic E-state index is 5.57. The molecule has 3 aromatic rings. The second kappa shape index (κ2) is 5.72. The van der Waals surface area contributed by atoms with Crippen LogP contribution in [-0.2, 0) is 0 Å². The minimum atomic E-state index is 0.922. The third-order valence-electron chi connectivity index (χ3n) is 3.61. The van der Waals surface area contributed by atoms with Gasteiger partial charge in [-0.1, -0.05) is 18.2 Å². The third-order valence-corrected chi connectivity index (χ3v) is 3.61. The molecule has 0 saturated heterocycles. The Morgan fingerprint density at radius 3 is 1.23 bits per heavy atom. The largest absolute Gasteiger partial charge is 0.327 e. The summed E-state index contributed by atoms with van der Waals surface area (Å²) in [7, 11) is 0. The molecule has 0 saturated carbocycles. The van der Waals surface area contributed by atoms with Crippen molar-refractivity contribution in [3.05, 3.63) is 71.6 Å². The van der Waals surface area contributed by atoms with E-state index in [1.807, 2.05) is 27.7 Å². The van der Waals surface area contributed by atoms with Crippen LogP contribution in [0.4, 0.5) is 0 Å². The van der Waals surface area contributed by atoms with E-state index in [2.05, 4.69) is 48.5 Å². The van der Waals surface area contributed by atoms with E-state index >= 15 is 0 Å². The van der Waals surface area contributed by atoms with Crippen LogP contribution in [0.15, 0.2) is 57.4 Å². The van der Waals surface area contributed by atoms with Crippen molar-refractivity contribution in [2.45, 2.75) is 27.7 Å².